The van der Waals surface area contributed by atoms with E-state index >= 15 is 0 Å². The average Bonchev–Trinajstić information content (AvgIpc) is 2.63. The van der Waals surface area contributed by atoms with Crippen LogP contribution in [0.4, 0.5) is 11.4 Å². The topological polar surface area (TPSA) is 95.6 Å². The van der Waals surface area contributed by atoms with Gasteiger partial charge in [0, 0.05) is 18.7 Å². The third-order valence-electron chi connectivity index (χ3n) is 4.33. The van der Waals surface area contributed by atoms with Crippen molar-refractivity contribution >= 4 is 33.2 Å². The van der Waals surface area contributed by atoms with Crippen LogP contribution in [0.15, 0.2) is 42.5 Å². The Hall–Kier alpha value is -2.87. The smallest absolute Gasteiger partial charge is 0.256 e. The quantitative estimate of drug-likeness (QED) is 0.743. The molecule has 0 spiro atoms. The molecule has 2 rings (SSSR count). The maximum Gasteiger partial charge on any atom is 0.256 e. The molecule has 2 aromatic rings. The van der Waals surface area contributed by atoms with Gasteiger partial charge in [-0.05, 0) is 50.6 Å². The number of carbonyl (C=O) groups is 2. The van der Waals surface area contributed by atoms with E-state index in [-0.39, 0.29) is 5.91 Å². The fourth-order valence-corrected chi connectivity index (χ4v) is 3.46. The zero-order chi connectivity index (χ0) is 20.9. The van der Waals surface area contributed by atoms with Gasteiger partial charge < -0.3 is 10.2 Å². The van der Waals surface area contributed by atoms with Crippen LogP contribution < -0.4 is 10.0 Å². The molecular formula is C20H25N3O4S. The number of hydrogen-bond donors (Lipinski definition) is 2. The van der Waals surface area contributed by atoms with Gasteiger partial charge in [-0.2, -0.15) is 0 Å². The van der Waals surface area contributed by atoms with Gasteiger partial charge in [-0.1, -0.05) is 18.2 Å². The summed E-state index contributed by atoms with van der Waals surface area (Å²) >= 11 is 0. The Bertz CT molecular complexity index is 983. The first-order chi connectivity index (χ1) is 13.2. The first-order valence-electron chi connectivity index (χ1n) is 8.95. The molecule has 0 unspecified atom stereocenters. The lowest BCUT2D eigenvalue weighted by Gasteiger charge is -2.20. The van der Waals surface area contributed by atoms with E-state index in [0.29, 0.717) is 41.2 Å². The summed E-state index contributed by atoms with van der Waals surface area (Å²) in [4.78, 5) is 27.2. The zero-order valence-electron chi connectivity index (χ0n) is 16.4. The van der Waals surface area contributed by atoms with E-state index in [2.05, 4.69) is 10.0 Å². The summed E-state index contributed by atoms with van der Waals surface area (Å²) in [6.45, 7) is 6.58. The summed E-state index contributed by atoms with van der Waals surface area (Å²) in [5.74, 6) is -0.584. The molecule has 2 aromatic carbocycles. The van der Waals surface area contributed by atoms with Gasteiger partial charge in [0.1, 0.15) is 0 Å². The van der Waals surface area contributed by atoms with Gasteiger partial charge in [-0.3, -0.25) is 14.3 Å². The average molecular weight is 404 g/mol. The Kier molecular flexibility index (Phi) is 6.80. The molecule has 2 amide bonds. The maximum absolute atomic E-state index is 12.8. The minimum Gasteiger partial charge on any atom is -0.339 e. The summed E-state index contributed by atoms with van der Waals surface area (Å²) < 4.78 is 25.4. The zero-order valence-corrected chi connectivity index (χ0v) is 17.3. The van der Waals surface area contributed by atoms with Gasteiger partial charge in [-0.15, -0.1) is 0 Å². The van der Waals surface area contributed by atoms with Crippen LogP contribution in [0.3, 0.4) is 0 Å². The fraction of sp³-hybridized carbons (Fsp3) is 0.300. The number of hydrogen-bond acceptors (Lipinski definition) is 4. The molecule has 0 bridgehead atoms. The molecule has 0 aliphatic rings. The summed E-state index contributed by atoms with van der Waals surface area (Å²) in [5, 5.41) is 2.78. The highest BCUT2D eigenvalue weighted by atomic mass is 32.2. The second-order valence-corrected chi connectivity index (χ2v) is 8.08. The molecule has 8 heteroatoms. The monoisotopic (exact) mass is 403 g/mol. The predicted molar refractivity (Wildman–Crippen MR) is 111 cm³/mol. The van der Waals surface area contributed by atoms with Gasteiger partial charge in [0.05, 0.1) is 23.2 Å². The summed E-state index contributed by atoms with van der Waals surface area (Å²) in [5.41, 5.74) is 1.97. The molecule has 0 aromatic heterocycles. The van der Waals surface area contributed by atoms with Crippen LogP contribution in [-0.4, -0.2) is 44.5 Å². The third kappa shape index (κ3) is 5.10. The number of para-hydroxylation sites is 1. The van der Waals surface area contributed by atoms with E-state index in [1.807, 2.05) is 13.8 Å². The number of sulfonamides is 1. The van der Waals surface area contributed by atoms with Crippen molar-refractivity contribution in [3.8, 4) is 0 Å². The normalized spacial score (nSPS) is 11.0. The van der Waals surface area contributed by atoms with E-state index in [4.69, 9.17) is 0 Å². The van der Waals surface area contributed by atoms with Crippen molar-refractivity contribution in [1.82, 2.24) is 4.90 Å². The molecule has 150 valence electrons. The van der Waals surface area contributed by atoms with Gasteiger partial charge in [0.15, 0.2) is 0 Å². The van der Waals surface area contributed by atoms with Crippen LogP contribution in [0.25, 0.3) is 0 Å². The maximum atomic E-state index is 12.8. The molecule has 2 N–H and O–H groups in total. The number of amides is 2. The molecule has 0 aliphatic carbocycles. The van der Waals surface area contributed by atoms with Gasteiger partial charge in [-0.25, -0.2) is 8.42 Å². The lowest BCUT2D eigenvalue weighted by atomic mass is 10.1. The Morgan fingerprint density at radius 1 is 0.929 bits per heavy atom. The number of carbonyl (C=O) groups excluding carboxylic acids is 2. The van der Waals surface area contributed by atoms with Crippen LogP contribution in [-0.2, 0) is 10.0 Å². The van der Waals surface area contributed by atoms with Gasteiger partial charge >= 0.3 is 0 Å². The second-order valence-electron chi connectivity index (χ2n) is 6.33. The van der Waals surface area contributed by atoms with Crippen molar-refractivity contribution in [2.24, 2.45) is 0 Å². The van der Waals surface area contributed by atoms with Crippen molar-refractivity contribution < 1.29 is 18.0 Å². The van der Waals surface area contributed by atoms with Crippen LogP contribution in [0, 0.1) is 6.92 Å². The lowest BCUT2D eigenvalue weighted by Crippen LogP contribution is -2.31. The number of nitrogens with zero attached hydrogens (tertiary/aromatic N) is 1. The van der Waals surface area contributed by atoms with Gasteiger partial charge in [0.2, 0.25) is 10.0 Å². The minimum atomic E-state index is -3.47. The van der Waals surface area contributed by atoms with Crippen molar-refractivity contribution in [1.29, 1.82) is 0 Å². The van der Waals surface area contributed by atoms with Crippen LogP contribution in [0.5, 0.6) is 0 Å². The Balaban J connectivity index is 2.34. The molecular weight excluding hydrogens is 378 g/mol. The third-order valence-corrected chi connectivity index (χ3v) is 4.92. The summed E-state index contributed by atoms with van der Waals surface area (Å²) in [7, 11) is -3.47. The molecule has 0 atom stereocenters. The second kappa shape index (κ2) is 8.88. The number of anilines is 2. The standard InChI is InChI=1S/C20H25N3O4S/c1-5-23(6-2)20(25)16-10-7-8-12-18(16)21-19(24)15-11-9-13-17(14(15)3)22-28(4,26)27/h7-13,22H,5-6H2,1-4H3,(H,21,24). The van der Waals surface area contributed by atoms with Crippen molar-refractivity contribution in [3.05, 3.63) is 59.2 Å². The number of rotatable bonds is 7. The predicted octanol–water partition coefficient (Wildman–Crippen LogP) is 3.10. The molecule has 28 heavy (non-hydrogen) atoms. The van der Waals surface area contributed by atoms with E-state index in [1.165, 1.54) is 0 Å². The first-order valence-corrected chi connectivity index (χ1v) is 10.8. The number of benzene rings is 2. The highest BCUT2D eigenvalue weighted by Crippen LogP contribution is 2.23. The van der Waals surface area contributed by atoms with Crippen LogP contribution >= 0.6 is 0 Å². The van der Waals surface area contributed by atoms with E-state index in [0.717, 1.165) is 6.26 Å². The molecule has 0 saturated carbocycles. The molecule has 0 heterocycles. The minimum absolute atomic E-state index is 0.162. The molecule has 7 nitrogen and oxygen atoms in total. The molecule has 0 fully saturated rings. The lowest BCUT2D eigenvalue weighted by molar-refractivity contribution is 0.0774. The fourth-order valence-electron chi connectivity index (χ4n) is 2.84. The SMILES string of the molecule is CCN(CC)C(=O)c1ccccc1NC(=O)c1cccc(NS(C)(=O)=O)c1C. The molecule has 0 saturated heterocycles. The van der Waals surface area contributed by atoms with E-state index in [1.54, 1.807) is 54.3 Å². The largest absolute Gasteiger partial charge is 0.339 e. The summed E-state index contributed by atoms with van der Waals surface area (Å²) in [6, 6.07) is 11.6. The van der Waals surface area contributed by atoms with Crippen LogP contribution in [0.1, 0.15) is 40.1 Å². The Morgan fingerprint density at radius 3 is 2.11 bits per heavy atom. The van der Waals surface area contributed by atoms with Crippen molar-refractivity contribution in [3.63, 3.8) is 0 Å². The van der Waals surface area contributed by atoms with Crippen LogP contribution in [0.2, 0.25) is 0 Å². The number of nitrogens with one attached hydrogen (secondary N) is 2. The molecule has 0 aliphatic heterocycles. The van der Waals surface area contributed by atoms with E-state index in [9.17, 15) is 18.0 Å². The molecule has 0 radical (unpaired) electrons. The van der Waals surface area contributed by atoms with Crippen molar-refractivity contribution in [2.45, 2.75) is 20.8 Å². The highest BCUT2D eigenvalue weighted by Gasteiger charge is 2.19. The highest BCUT2D eigenvalue weighted by molar-refractivity contribution is 7.92. The first kappa shape index (κ1) is 21.4. The van der Waals surface area contributed by atoms with E-state index < -0.39 is 15.9 Å². The van der Waals surface area contributed by atoms with Gasteiger partial charge in [0.25, 0.3) is 11.8 Å². The Morgan fingerprint density at radius 2 is 1.50 bits per heavy atom. The summed E-state index contributed by atoms with van der Waals surface area (Å²) in [6.07, 6.45) is 1.05. The van der Waals surface area contributed by atoms with Crippen molar-refractivity contribution in [2.75, 3.05) is 29.4 Å². The Labute approximate surface area is 165 Å².